The van der Waals surface area contributed by atoms with Crippen molar-refractivity contribution in [2.45, 2.75) is 18.2 Å². The van der Waals surface area contributed by atoms with Crippen LogP contribution in [0, 0.1) is 11.6 Å². The van der Waals surface area contributed by atoms with Gasteiger partial charge in [-0.2, -0.15) is 0 Å². The summed E-state index contributed by atoms with van der Waals surface area (Å²) in [5.74, 6) is -1.20. The second-order valence-electron chi connectivity index (χ2n) is 5.73. The molecule has 2 heterocycles. The smallest absolute Gasteiger partial charge is 0.216 e. The molecule has 0 amide bonds. The maximum Gasteiger partial charge on any atom is 0.216 e. The van der Waals surface area contributed by atoms with Crippen LogP contribution in [0.4, 0.5) is 14.6 Å². The van der Waals surface area contributed by atoms with E-state index in [4.69, 9.17) is 0 Å². The van der Waals surface area contributed by atoms with Crippen molar-refractivity contribution < 1.29 is 17.2 Å². The molecule has 8 heteroatoms. The zero-order valence-electron chi connectivity index (χ0n) is 12.8. The van der Waals surface area contributed by atoms with Gasteiger partial charge in [0.1, 0.15) is 17.5 Å². The molecule has 0 spiro atoms. The lowest BCUT2D eigenvalue weighted by atomic mass is 10.2. The fraction of sp³-hybridized carbons (Fsp3) is 0.312. The number of hydrogen-bond donors (Lipinski definition) is 1. The van der Waals surface area contributed by atoms with Gasteiger partial charge >= 0.3 is 0 Å². The van der Waals surface area contributed by atoms with Crippen molar-refractivity contribution in [3.8, 4) is 0 Å². The molecule has 1 unspecified atom stereocenters. The predicted octanol–water partition coefficient (Wildman–Crippen LogP) is 2.06. The number of anilines is 1. The molecule has 3 rings (SSSR count). The summed E-state index contributed by atoms with van der Waals surface area (Å²) < 4.78 is 53.8. The van der Waals surface area contributed by atoms with E-state index >= 15 is 0 Å². The van der Waals surface area contributed by atoms with E-state index in [1.54, 1.807) is 6.20 Å². The monoisotopic (exact) mass is 353 g/mol. The van der Waals surface area contributed by atoms with Crippen molar-refractivity contribution in [1.82, 2.24) is 9.71 Å². The lowest BCUT2D eigenvalue weighted by molar-refractivity contribution is 0.554. The second-order valence-corrected chi connectivity index (χ2v) is 7.49. The van der Waals surface area contributed by atoms with Gasteiger partial charge in [-0.05, 0) is 36.8 Å². The Hall–Kier alpha value is -2.06. The molecule has 0 aliphatic carbocycles. The summed E-state index contributed by atoms with van der Waals surface area (Å²) in [5, 5.41) is 0. The van der Waals surface area contributed by atoms with Gasteiger partial charge in [-0.3, -0.25) is 0 Å². The Morgan fingerprint density at radius 2 is 2.08 bits per heavy atom. The van der Waals surface area contributed by atoms with Crippen molar-refractivity contribution >= 4 is 15.8 Å². The molecule has 128 valence electrons. The number of nitrogens with zero attached hydrogens (tertiary/aromatic N) is 2. The van der Waals surface area contributed by atoms with E-state index in [1.807, 2.05) is 23.1 Å². The highest BCUT2D eigenvalue weighted by Crippen LogP contribution is 2.19. The largest absolute Gasteiger partial charge is 0.355 e. The van der Waals surface area contributed by atoms with E-state index in [0.29, 0.717) is 19.5 Å². The summed E-state index contributed by atoms with van der Waals surface area (Å²) in [6.07, 6.45) is 2.31. The first-order valence-electron chi connectivity index (χ1n) is 7.53. The number of rotatable bonds is 5. The van der Waals surface area contributed by atoms with Crippen LogP contribution in [0.2, 0.25) is 0 Å². The number of benzene rings is 1. The van der Waals surface area contributed by atoms with E-state index < -0.39 is 27.4 Å². The summed E-state index contributed by atoms with van der Waals surface area (Å²) in [4.78, 5) is 6.22. The molecule has 1 saturated heterocycles. The number of hydrogen-bond acceptors (Lipinski definition) is 4. The van der Waals surface area contributed by atoms with Crippen molar-refractivity contribution in [3.63, 3.8) is 0 Å². The minimum atomic E-state index is -3.77. The standard InChI is InChI=1S/C16H17F2N3O2S/c17-13-4-5-15(18)12(9-13)11-24(22,23)20-14-6-8-21(10-14)16-3-1-2-7-19-16/h1-5,7,9,14,20H,6,8,10-11H2. The van der Waals surface area contributed by atoms with Crippen molar-refractivity contribution in [2.24, 2.45) is 0 Å². The molecular weight excluding hydrogens is 336 g/mol. The van der Waals surface area contributed by atoms with E-state index in [2.05, 4.69) is 9.71 Å². The van der Waals surface area contributed by atoms with Crippen LogP contribution in [0.1, 0.15) is 12.0 Å². The minimum absolute atomic E-state index is 0.179. The third-order valence-corrected chi connectivity index (χ3v) is 5.24. The summed E-state index contributed by atoms with van der Waals surface area (Å²) in [5.41, 5.74) is -0.179. The molecule has 24 heavy (non-hydrogen) atoms. The fourth-order valence-corrected chi connectivity index (χ4v) is 4.17. The molecule has 1 N–H and O–H groups in total. The van der Waals surface area contributed by atoms with Gasteiger partial charge in [0.2, 0.25) is 10.0 Å². The van der Waals surface area contributed by atoms with Crippen molar-refractivity contribution in [2.75, 3.05) is 18.0 Å². The fourth-order valence-electron chi connectivity index (χ4n) is 2.76. The number of aromatic nitrogens is 1. The zero-order chi connectivity index (χ0) is 17.2. The highest BCUT2D eigenvalue weighted by atomic mass is 32.2. The average molecular weight is 353 g/mol. The first-order chi connectivity index (χ1) is 11.4. The third-order valence-electron chi connectivity index (χ3n) is 3.86. The lowest BCUT2D eigenvalue weighted by Gasteiger charge is -2.17. The van der Waals surface area contributed by atoms with Crippen LogP contribution < -0.4 is 9.62 Å². The topological polar surface area (TPSA) is 62.3 Å². The van der Waals surface area contributed by atoms with Gasteiger partial charge in [0, 0.05) is 30.9 Å². The van der Waals surface area contributed by atoms with Crippen LogP contribution in [0.15, 0.2) is 42.6 Å². The maximum absolute atomic E-state index is 13.6. The zero-order valence-corrected chi connectivity index (χ0v) is 13.6. The van der Waals surface area contributed by atoms with Gasteiger partial charge in [-0.15, -0.1) is 0 Å². The van der Waals surface area contributed by atoms with Gasteiger partial charge in [-0.25, -0.2) is 26.9 Å². The van der Waals surface area contributed by atoms with Crippen LogP contribution in [-0.4, -0.2) is 32.5 Å². The van der Waals surface area contributed by atoms with Gasteiger partial charge in [0.05, 0.1) is 5.75 Å². The third kappa shape index (κ3) is 4.07. The molecule has 0 bridgehead atoms. The van der Waals surface area contributed by atoms with Gasteiger partial charge in [0.25, 0.3) is 0 Å². The van der Waals surface area contributed by atoms with Crippen molar-refractivity contribution in [3.05, 3.63) is 59.8 Å². The molecule has 1 aliphatic heterocycles. The molecular formula is C16H17F2N3O2S. The Kier molecular flexibility index (Phi) is 4.77. The average Bonchev–Trinajstić information content (AvgIpc) is 2.99. The summed E-state index contributed by atoms with van der Waals surface area (Å²) in [6.45, 7) is 1.17. The number of sulfonamides is 1. The first-order valence-corrected chi connectivity index (χ1v) is 9.18. The molecule has 1 atom stereocenters. The second kappa shape index (κ2) is 6.82. The van der Waals surface area contributed by atoms with Gasteiger partial charge < -0.3 is 4.90 Å². The Labute approximate surface area is 139 Å². The first kappa shape index (κ1) is 16.8. The number of halogens is 2. The molecule has 2 aromatic rings. The molecule has 1 aromatic heterocycles. The Bertz CT molecular complexity index is 815. The maximum atomic E-state index is 13.6. The Morgan fingerprint density at radius 1 is 1.25 bits per heavy atom. The molecule has 1 aliphatic rings. The van der Waals surface area contributed by atoms with Crippen LogP contribution in [0.5, 0.6) is 0 Å². The molecule has 0 saturated carbocycles. The summed E-state index contributed by atoms with van der Waals surface area (Å²) in [7, 11) is -3.77. The molecule has 1 fully saturated rings. The Morgan fingerprint density at radius 3 is 2.83 bits per heavy atom. The quantitative estimate of drug-likeness (QED) is 0.894. The van der Waals surface area contributed by atoms with E-state index in [1.165, 1.54) is 0 Å². The normalized spacial score (nSPS) is 18.1. The van der Waals surface area contributed by atoms with Crippen LogP contribution in [0.3, 0.4) is 0 Å². The van der Waals surface area contributed by atoms with E-state index in [0.717, 1.165) is 24.0 Å². The SMILES string of the molecule is O=S(=O)(Cc1cc(F)ccc1F)NC1CCN(c2ccccn2)C1. The van der Waals surface area contributed by atoms with Crippen LogP contribution >= 0.6 is 0 Å². The predicted molar refractivity (Wildman–Crippen MR) is 87.0 cm³/mol. The summed E-state index contributed by atoms with van der Waals surface area (Å²) >= 11 is 0. The summed E-state index contributed by atoms with van der Waals surface area (Å²) in [6, 6.07) is 8.05. The highest BCUT2D eigenvalue weighted by molar-refractivity contribution is 7.88. The van der Waals surface area contributed by atoms with Crippen molar-refractivity contribution in [1.29, 1.82) is 0 Å². The lowest BCUT2D eigenvalue weighted by Crippen LogP contribution is -2.38. The minimum Gasteiger partial charge on any atom is -0.355 e. The van der Waals surface area contributed by atoms with Gasteiger partial charge in [-0.1, -0.05) is 6.07 Å². The number of pyridine rings is 1. The van der Waals surface area contributed by atoms with Crippen LogP contribution in [-0.2, 0) is 15.8 Å². The molecule has 1 aromatic carbocycles. The van der Waals surface area contributed by atoms with Crippen LogP contribution in [0.25, 0.3) is 0 Å². The van der Waals surface area contributed by atoms with Gasteiger partial charge in [0.15, 0.2) is 0 Å². The number of nitrogens with one attached hydrogen (secondary N) is 1. The Balaban J connectivity index is 1.64. The van der Waals surface area contributed by atoms with E-state index in [9.17, 15) is 17.2 Å². The van der Waals surface area contributed by atoms with E-state index in [-0.39, 0.29) is 11.6 Å². The molecule has 5 nitrogen and oxygen atoms in total. The molecule has 0 radical (unpaired) electrons. The highest BCUT2D eigenvalue weighted by Gasteiger charge is 2.27.